The van der Waals surface area contributed by atoms with Crippen molar-refractivity contribution in [3.8, 4) is 0 Å². The van der Waals surface area contributed by atoms with Gasteiger partial charge >= 0.3 is 0 Å². The number of rotatable bonds is 3. The zero-order chi connectivity index (χ0) is 11.6. The van der Waals surface area contributed by atoms with E-state index in [1.165, 1.54) is 7.11 Å². The van der Waals surface area contributed by atoms with Crippen molar-refractivity contribution >= 4 is 9.84 Å². The van der Waals surface area contributed by atoms with Gasteiger partial charge in [-0.15, -0.1) is 0 Å². The van der Waals surface area contributed by atoms with Gasteiger partial charge in [0.15, 0.2) is 11.7 Å². The van der Waals surface area contributed by atoms with E-state index in [-0.39, 0.29) is 0 Å². The minimum Gasteiger partial charge on any atom is -0.356 e. The van der Waals surface area contributed by atoms with E-state index in [1.54, 1.807) is 30.3 Å². The number of methoxy groups -OCH3 is 1. The molecule has 0 radical (unpaired) electrons. The molecule has 2 rings (SSSR count). The molecule has 1 fully saturated rings. The average molecular weight is 242 g/mol. The van der Waals surface area contributed by atoms with Crippen molar-refractivity contribution in [3.05, 3.63) is 30.3 Å². The van der Waals surface area contributed by atoms with Gasteiger partial charge in [0.05, 0.1) is 4.90 Å². The Balaban J connectivity index is 2.21. The lowest BCUT2D eigenvalue weighted by Crippen LogP contribution is -2.22. The van der Waals surface area contributed by atoms with Crippen LogP contribution in [0.2, 0.25) is 0 Å². The molecule has 0 N–H and O–H groups in total. The van der Waals surface area contributed by atoms with Gasteiger partial charge in [0, 0.05) is 13.5 Å². The maximum absolute atomic E-state index is 12.1. The van der Waals surface area contributed by atoms with Crippen LogP contribution in [0.4, 0.5) is 0 Å². The largest absolute Gasteiger partial charge is 0.356 e. The van der Waals surface area contributed by atoms with E-state index in [1.807, 2.05) is 0 Å². The normalized spacial score (nSPS) is 25.8. The molecule has 1 aliphatic rings. The molecule has 5 heteroatoms. The van der Waals surface area contributed by atoms with Crippen molar-refractivity contribution in [2.75, 3.05) is 7.11 Å². The number of benzene rings is 1. The molecule has 1 saturated heterocycles. The van der Waals surface area contributed by atoms with Gasteiger partial charge in [-0.25, -0.2) is 8.42 Å². The molecule has 0 aromatic heterocycles. The van der Waals surface area contributed by atoms with Gasteiger partial charge in [-0.2, -0.15) is 0 Å². The molecule has 88 valence electrons. The predicted molar refractivity (Wildman–Crippen MR) is 58.5 cm³/mol. The van der Waals surface area contributed by atoms with Gasteiger partial charge in [-0.3, -0.25) is 0 Å². The van der Waals surface area contributed by atoms with Gasteiger partial charge in [-0.05, 0) is 18.6 Å². The van der Waals surface area contributed by atoms with Crippen molar-refractivity contribution in [3.63, 3.8) is 0 Å². The van der Waals surface area contributed by atoms with Crippen LogP contribution in [-0.2, 0) is 19.3 Å². The van der Waals surface area contributed by atoms with Gasteiger partial charge in [0.25, 0.3) is 0 Å². The minimum absolute atomic E-state index is 0.303. The fraction of sp³-hybridized carbons (Fsp3) is 0.455. The standard InChI is InChI=1S/C11H14O4S/c1-14-10-7-8-11(15-10)16(12,13)9-5-3-2-4-6-9/h2-6,10-11H,7-8H2,1H3. The number of hydrogen-bond acceptors (Lipinski definition) is 4. The molecule has 2 atom stereocenters. The second-order valence-electron chi connectivity index (χ2n) is 3.67. The Kier molecular flexibility index (Phi) is 3.28. The summed E-state index contributed by atoms with van der Waals surface area (Å²) in [5.74, 6) is 0. The highest BCUT2D eigenvalue weighted by molar-refractivity contribution is 7.92. The molecule has 0 spiro atoms. The van der Waals surface area contributed by atoms with E-state index in [4.69, 9.17) is 9.47 Å². The lowest BCUT2D eigenvalue weighted by atomic mass is 10.4. The lowest BCUT2D eigenvalue weighted by molar-refractivity contribution is -0.0971. The van der Waals surface area contributed by atoms with Crippen molar-refractivity contribution in [1.82, 2.24) is 0 Å². The molecule has 0 aliphatic carbocycles. The first-order chi connectivity index (χ1) is 7.64. The third kappa shape index (κ3) is 2.11. The quantitative estimate of drug-likeness (QED) is 0.807. The van der Waals surface area contributed by atoms with E-state index in [0.717, 1.165) is 0 Å². The topological polar surface area (TPSA) is 52.6 Å². The fourth-order valence-corrected chi connectivity index (χ4v) is 3.30. The molecule has 1 aromatic carbocycles. The summed E-state index contributed by atoms with van der Waals surface area (Å²) in [7, 11) is -1.87. The minimum atomic E-state index is -3.38. The number of sulfone groups is 1. The third-order valence-electron chi connectivity index (χ3n) is 2.62. The van der Waals surface area contributed by atoms with E-state index < -0.39 is 21.6 Å². The Morgan fingerprint density at radius 1 is 1.25 bits per heavy atom. The summed E-state index contributed by atoms with van der Waals surface area (Å²) in [6, 6.07) is 8.36. The van der Waals surface area contributed by atoms with Crippen molar-refractivity contribution in [1.29, 1.82) is 0 Å². The molecular weight excluding hydrogens is 228 g/mol. The molecule has 2 unspecified atom stereocenters. The first-order valence-corrected chi connectivity index (χ1v) is 6.66. The molecule has 1 heterocycles. The Hall–Kier alpha value is -0.910. The molecule has 16 heavy (non-hydrogen) atoms. The van der Waals surface area contributed by atoms with Gasteiger partial charge in [0.2, 0.25) is 9.84 Å². The zero-order valence-electron chi connectivity index (χ0n) is 9.00. The summed E-state index contributed by atoms with van der Waals surface area (Å²) in [5, 5.41) is 0. The van der Waals surface area contributed by atoms with Crippen LogP contribution in [0.25, 0.3) is 0 Å². The summed E-state index contributed by atoms with van der Waals surface area (Å²) in [6.07, 6.45) is 0.701. The van der Waals surface area contributed by atoms with Crippen LogP contribution in [0.3, 0.4) is 0 Å². The average Bonchev–Trinajstić information content (AvgIpc) is 2.79. The summed E-state index contributed by atoms with van der Waals surface area (Å²) in [6.45, 7) is 0. The Morgan fingerprint density at radius 3 is 2.50 bits per heavy atom. The third-order valence-corrected chi connectivity index (χ3v) is 4.59. The first-order valence-electron chi connectivity index (χ1n) is 5.12. The van der Waals surface area contributed by atoms with E-state index in [9.17, 15) is 8.42 Å². The highest BCUT2D eigenvalue weighted by atomic mass is 32.2. The first kappa shape index (κ1) is 11.6. The lowest BCUT2D eigenvalue weighted by Gasteiger charge is -2.13. The van der Waals surface area contributed by atoms with Crippen LogP contribution in [0.1, 0.15) is 12.8 Å². The summed E-state index contributed by atoms with van der Waals surface area (Å²) in [4.78, 5) is 0.303. The van der Waals surface area contributed by atoms with Crippen LogP contribution in [0, 0.1) is 0 Å². The monoisotopic (exact) mass is 242 g/mol. The summed E-state index contributed by atoms with van der Waals surface area (Å²) >= 11 is 0. The molecular formula is C11H14O4S. The van der Waals surface area contributed by atoms with Gasteiger partial charge < -0.3 is 9.47 Å². The molecule has 0 saturated carbocycles. The van der Waals surface area contributed by atoms with E-state index in [2.05, 4.69) is 0 Å². The second-order valence-corrected chi connectivity index (χ2v) is 5.75. The predicted octanol–water partition coefficient (Wildman–Crippen LogP) is 1.57. The van der Waals surface area contributed by atoms with Crippen LogP contribution in [-0.4, -0.2) is 27.3 Å². The molecule has 1 aliphatic heterocycles. The zero-order valence-corrected chi connectivity index (χ0v) is 9.81. The molecule has 0 amide bonds. The van der Waals surface area contributed by atoms with Gasteiger partial charge in [0.1, 0.15) is 0 Å². The maximum Gasteiger partial charge on any atom is 0.205 e. The second kappa shape index (κ2) is 4.53. The van der Waals surface area contributed by atoms with Crippen LogP contribution in [0.15, 0.2) is 35.2 Å². The number of ether oxygens (including phenoxy) is 2. The molecule has 1 aromatic rings. The van der Waals surface area contributed by atoms with Crippen molar-refractivity contribution < 1.29 is 17.9 Å². The van der Waals surface area contributed by atoms with Crippen molar-refractivity contribution in [2.24, 2.45) is 0 Å². The Morgan fingerprint density at radius 2 is 1.94 bits per heavy atom. The Labute approximate surface area is 95.1 Å². The maximum atomic E-state index is 12.1. The smallest absolute Gasteiger partial charge is 0.205 e. The fourth-order valence-electron chi connectivity index (χ4n) is 1.74. The number of hydrogen-bond donors (Lipinski definition) is 0. The van der Waals surface area contributed by atoms with E-state index in [0.29, 0.717) is 17.7 Å². The van der Waals surface area contributed by atoms with Crippen molar-refractivity contribution in [2.45, 2.75) is 29.5 Å². The Bertz CT molecular complexity index is 440. The van der Waals surface area contributed by atoms with Crippen LogP contribution in [0.5, 0.6) is 0 Å². The summed E-state index contributed by atoms with van der Waals surface area (Å²) in [5.41, 5.74) is -0.778. The highest BCUT2D eigenvalue weighted by Crippen LogP contribution is 2.28. The van der Waals surface area contributed by atoms with Crippen LogP contribution < -0.4 is 0 Å². The van der Waals surface area contributed by atoms with Gasteiger partial charge in [-0.1, -0.05) is 18.2 Å². The SMILES string of the molecule is COC1CCC(S(=O)(=O)c2ccccc2)O1. The van der Waals surface area contributed by atoms with Crippen LogP contribution >= 0.6 is 0 Å². The summed E-state index contributed by atoms with van der Waals surface area (Å²) < 4.78 is 34.5. The highest BCUT2D eigenvalue weighted by Gasteiger charge is 2.36. The van der Waals surface area contributed by atoms with E-state index >= 15 is 0 Å². The molecule has 4 nitrogen and oxygen atoms in total. The molecule has 0 bridgehead atoms.